The van der Waals surface area contributed by atoms with Crippen LogP contribution in [0.15, 0.2) is 12.4 Å². The van der Waals surface area contributed by atoms with Crippen LogP contribution in [0.25, 0.3) is 0 Å². The average Bonchev–Trinajstić information content (AvgIpc) is 2.10. The Bertz CT molecular complexity index is 325. The molecule has 0 saturated carbocycles. The number of esters is 1. The van der Waals surface area contributed by atoms with E-state index in [1.54, 1.807) is 13.8 Å². The molecule has 0 N–H and O–H groups in total. The van der Waals surface area contributed by atoms with Gasteiger partial charge in [-0.25, -0.2) is 9.18 Å². The fourth-order valence-electron chi connectivity index (χ4n) is 0.901. The highest BCUT2D eigenvalue weighted by molar-refractivity contribution is 5.89. The zero-order chi connectivity index (χ0) is 9.84. The Hall–Kier alpha value is -1.45. The molecule has 1 aromatic heterocycles. The van der Waals surface area contributed by atoms with E-state index in [0.717, 1.165) is 0 Å². The van der Waals surface area contributed by atoms with E-state index in [0.29, 0.717) is 5.56 Å². The standard InChI is InChI=1S/C9H10FNO2/c1-3-13-9(12)7-5-11-4-6(2)8(7)10/h4-5H,3H2,1-2H3. The summed E-state index contributed by atoms with van der Waals surface area (Å²) in [6.45, 7) is 3.44. The van der Waals surface area contributed by atoms with Crippen LogP contribution in [0, 0.1) is 12.7 Å². The molecule has 0 aromatic carbocycles. The van der Waals surface area contributed by atoms with Crippen LogP contribution in [0.1, 0.15) is 22.8 Å². The van der Waals surface area contributed by atoms with Crippen molar-refractivity contribution in [1.82, 2.24) is 4.98 Å². The zero-order valence-corrected chi connectivity index (χ0v) is 7.50. The third-order valence-corrected chi connectivity index (χ3v) is 1.55. The number of aryl methyl sites for hydroxylation is 1. The van der Waals surface area contributed by atoms with Gasteiger partial charge in [-0.2, -0.15) is 0 Å². The summed E-state index contributed by atoms with van der Waals surface area (Å²) in [6, 6.07) is 0. The molecule has 0 amide bonds. The van der Waals surface area contributed by atoms with E-state index < -0.39 is 11.8 Å². The van der Waals surface area contributed by atoms with Crippen molar-refractivity contribution in [3.05, 3.63) is 29.3 Å². The third-order valence-electron chi connectivity index (χ3n) is 1.55. The van der Waals surface area contributed by atoms with Crippen LogP contribution >= 0.6 is 0 Å². The lowest BCUT2D eigenvalue weighted by molar-refractivity contribution is 0.0520. The Morgan fingerprint density at radius 3 is 2.92 bits per heavy atom. The fraction of sp³-hybridized carbons (Fsp3) is 0.333. The monoisotopic (exact) mass is 183 g/mol. The number of pyridine rings is 1. The molecular weight excluding hydrogens is 173 g/mol. The largest absolute Gasteiger partial charge is 0.462 e. The molecule has 1 aromatic rings. The van der Waals surface area contributed by atoms with Crippen molar-refractivity contribution >= 4 is 5.97 Å². The molecule has 0 radical (unpaired) electrons. The smallest absolute Gasteiger partial charge is 0.342 e. The molecule has 0 atom stereocenters. The first-order valence-electron chi connectivity index (χ1n) is 3.94. The second-order valence-corrected chi connectivity index (χ2v) is 2.54. The molecule has 0 fully saturated rings. The predicted molar refractivity (Wildman–Crippen MR) is 44.9 cm³/mol. The van der Waals surface area contributed by atoms with Gasteiger partial charge in [0, 0.05) is 18.0 Å². The molecule has 0 unspecified atom stereocenters. The summed E-state index contributed by atoms with van der Waals surface area (Å²) in [5, 5.41) is 0. The highest BCUT2D eigenvalue weighted by Crippen LogP contribution is 2.10. The molecule has 0 saturated heterocycles. The number of hydrogen-bond donors (Lipinski definition) is 0. The number of nitrogens with zero attached hydrogens (tertiary/aromatic N) is 1. The van der Waals surface area contributed by atoms with Crippen molar-refractivity contribution in [2.75, 3.05) is 6.61 Å². The molecule has 0 aliphatic heterocycles. The number of carbonyl (C=O) groups is 1. The Balaban J connectivity index is 3.01. The number of hydrogen-bond acceptors (Lipinski definition) is 3. The van der Waals surface area contributed by atoms with Gasteiger partial charge in [-0.15, -0.1) is 0 Å². The minimum absolute atomic E-state index is 0.109. The molecule has 1 rings (SSSR count). The van der Waals surface area contributed by atoms with E-state index in [9.17, 15) is 9.18 Å². The number of ether oxygens (including phenoxy) is 1. The van der Waals surface area contributed by atoms with Gasteiger partial charge in [0.25, 0.3) is 0 Å². The lowest BCUT2D eigenvalue weighted by Gasteiger charge is -2.03. The van der Waals surface area contributed by atoms with E-state index >= 15 is 0 Å². The first-order valence-corrected chi connectivity index (χ1v) is 3.94. The molecule has 0 aliphatic rings. The van der Waals surface area contributed by atoms with Crippen molar-refractivity contribution in [3.63, 3.8) is 0 Å². The van der Waals surface area contributed by atoms with Crippen molar-refractivity contribution < 1.29 is 13.9 Å². The lowest BCUT2D eigenvalue weighted by Crippen LogP contribution is -2.08. The highest BCUT2D eigenvalue weighted by Gasteiger charge is 2.14. The van der Waals surface area contributed by atoms with Crippen LogP contribution in [0.5, 0.6) is 0 Å². The van der Waals surface area contributed by atoms with E-state index in [1.807, 2.05) is 0 Å². The van der Waals surface area contributed by atoms with Crippen LogP contribution in [0.3, 0.4) is 0 Å². The zero-order valence-electron chi connectivity index (χ0n) is 7.50. The van der Waals surface area contributed by atoms with Crippen LogP contribution in [-0.2, 0) is 4.74 Å². The van der Waals surface area contributed by atoms with E-state index in [2.05, 4.69) is 9.72 Å². The molecule has 13 heavy (non-hydrogen) atoms. The Kier molecular flexibility index (Phi) is 2.95. The van der Waals surface area contributed by atoms with E-state index in [-0.39, 0.29) is 12.2 Å². The summed E-state index contributed by atoms with van der Waals surface area (Å²) in [5.74, 6) is -1.23. The number of carbonyl (C=O) groups excluding carboxylic acids is 1. The van der Waals surface area contributed by atoms with Gasteiger partial charge in [-0.1, -0.05) is 0 Å². The first-order chi connectivity index (χ1) is 6.16. The minimum Gasteiger partial charge on any atom is -0.462 e. The maximum absolute atomic E-state index is 13.2. The minimum atomic E-state index is -0.670. The van der Waals surface area contributed by atoms with Gasteiger partial charge in [0.1, 0.15) is 11.4 Å². The van der Waals surface area contributed by atoms with Gasteiger partial charge in [0.2, 0.25) is 0 Å². The molecule has 0 bridgehead atoms. The maximum Gasteiger partial charge on any atom is 0.342 e. The van der Waals surface area contributed by atoms with Gasteiger partial charge < -0.3 is 4.74 Å². The number of halogens is 1. The predicted octanol–water partition coefficient (Wildman–Crippen LogP) is 1.71. The molecular formula is C9H10FNO2. The second kappa shape index (κ2) is 3.98. The van der Waals surface area contributed by atoms with Crippen LogP contribution in [0.2, 0.25) is 0 Å². The van der Waals surface area contributed by atoms with Crippen molar-refractivity contribution in [2.24, 2.45) is 0 Å². The fourth-order valence-corrected chi connectivity index (χ4v) is 0.901. The van der Waals surface area contributed by atoms with Crippen molar-refractivity contribution in [2.45, 2.75) is 13.8 Å². The molecule has 4 heteroatoms. The van der Waals surface area contributed by atoms with Crippen LogP contribution < -0.4 is 0 Å². The van der Waals surface area contributed by atoms with E-state index in [1.165, 1.54) is 12.4 Å². The SMILES string of the molecule is CCOC(=O)c1cncc(C)c1F. The molecule has 70 valence electrons. The first kappa shape index (κ1) is 9.64. The third kappa shape index (κ3) is 2.02. The Morgan fingerprint density at radius 2 is 2.31 bits per heavy atom. The Labute approximate surface area is 75.6 Å². The second-order valence-electron chi connectivity index (χ2n) is 2.54. The van der Waals surface area contributed by atoms with Crippen LogP contribution in [0.4, 0.5) is 4.39 Å². The Morgan fingerprint density at radius 1 is 1.62 bits per heavy atom. The van der Waals surface area contributed by atoms with Gasteiger partial charge in [0.05, 0.1) is 6.61 Å². The van der Waals surface area contributed by atoms with Crippen molar-refractivity contribution in [1.29, 1.82) is 0 Å². The number of aromatic nitrogens is 1. The molecule has 3 nitrogen and oxygen atoms in total. The van der Waals surface area contributed by atoms with Crippen molar-refractivity contribution in [3.8, 4) is 0 Å². The molecule has 1 heterocycles. The maximum atomic E-state index is 13.2. The van der Waals surface area contributed by atoms with Crippen LogP contribution in [-0.4, -0.2) is 17.6 Å². The summed E-state index contributed by atoms with van der Waals surface area (Å²) in [4.78, 5) is 14.8. The molecule has 0 aliphatic carbocycles. The summed E-state index contributed by atoms with van der Waals surface area (Å²) in [5.41, 5.74) is 0.229. The highest BCUT2D eigenvalue weighted by atomic mass is 19.1. The van der Waals surface area contributed by atoms with Gasteiger partial charge >= 0.3 is 5.97 Å². The average molecular weight is 183 g/mol. The quantitative estimate of drug-likeness (QED) is 0.655. The molecule has 0 spiro atoms. The summed E-state index contributed by atoms with van der Waals surface area (Å²) in [7, 11) is 0. The van der Waals surface area contributed by atoms with Gasteiger partial charge in [-0.3, -0.25) is 4.98 Å². The van der Waals surface area contributed by atoms with Gasteiger partial charge in [-0.05, 0) is 13.8 Å². The normalized spacial score (nSPS) is 9.77. The summed E-state index contributed by atoms with van der Waals surface area (Å²) >= 11 is 0. The van der Waals surface area contributed by atoms with Gasteiger partial charge in [0.15, 0.2) is 0 Å². The lowest BCUT2D eigenvalue weighted by atomic mass is 10.2. The summed E-state index contributed by atoms with van der Waals surface area (Å²) < 4.78 is 17.9. The topological polar surface area (TPSA) is 39.2 Å². The number of rotatable bonds is 2. The summed E-state index contributed by atoms with van der Waals surface area (Å²) in [6.07, 6.45) is 2.53. The van der Waals surface area contributed by atoms with E-state index in [4.69, 9.17) is 0 Å².